The molecule has 0 saturated heterocycles. The van der Waals surface area contributed by atoms with Gasteiger partial charge < -0.3 is 15.2 Å². The van der Waals surface area contributed by atoms with Gasteiger partial charge in [-0.3, -0.25) is 9.59 Å². The van der Waals surface area contributed by atoms with Gasteiger partial charge in [-0.2, -0.15) is 0 Å². The summed E-state index contributed by atoms with van der Waals surface area (Å²) in [5.74, 6) is -0.262. The van der Waals surface area contributed by atoms with Crippen molar-refractivity contribution in [2.24, 2.45) is 0 Å². The molecule has 0 bridgehead atoms. The molecule has 0 radical (unpaired) electrons. The molecule has 0 fully saturated rings. The lowest BCUT2D eigenvalue weighted by Crippen LogP contribution is -2.33. The van der Waals surface area contributed by atoms with E-state index in [1.165, 1.54) is 32.3 Å². The highest BCUT2D eigenvalue weighted by Crippen LogP contribution is 2.19. The summed E-state index contributed by atoms with van der Waals surface area (Å²) < 4.78 is 30.5. The molecule has 0 aliphatic carbocycles. The highest BCUT2D eigenvalue weighted by Gasteiger charge is 2.21. The van der Waals surface area contributed by atoms with Gasteiger partial charge in [0.25, 0.3) is 5.91 Å². The summed E-state index contributed by atoms with van der Waals surface area (Å²) in [5, 5.41) is 8.52. The van der Waals surface area contributed by atoms with Crippen LogP contribution in [0.3, 0.4) is 0 Å². The van der Waals surface area contributed by atoms with E-state index in [0.29, 0.717) is 11.3 Å². The number of carbonyl (C=O) groups is 2. The molecule has 0 aliphatic heterocycles. The smallest absolute Gasteiger partial charge is 0.251 e. The Bertz CT molecular complexity index is 934. The maximum absolute atomic E-state index is 12.3. The molecule has 2 N–H and O–H groups in total. The molecule has 9 nitrogen and oxygen atoms in total. The van der Waals surface area contributed by atoms with Crippen molar-refractivity contribution in [1.82, 2.24) is 14.8 Å². The number of benzene rings is 1. The zero-order chi connectivity index (χ0) is 19.5. The maximum atomic E-state index is 12.3. The Morgan fingerprint density at radius 3 is 2.46 bits per heavy atom. The predicted octanol–water partition coefficient (Wildman–Crippen LogP) is 0.910. The predicted molar refractivity (Wildman–Crippen MR) is 94.3 cm³/mol. The highest BCUT2D eigenvalue weighted by atomic mass is 32.2. The molecule has 0 unspecified atom stereocenters. The van der Waals surface area contributed by atoms with Gasteiger partial charge in [-0.1, -0.05) is 11.2 Å². The fraction of sp³-hybridized carbons (Fsp3) is 0.312. The van der Waals surface area contributed by atoms with Crippen LogP contribution < -0.4 is 10.6 Å². The number of hydrogen-bond donors (Lipinski definition) is 2. The average molecular weight is 380 g/mol. The second kappa shape index (κ2) is 7.67. The van der Waals surface area contributed by atoms with Gasteiger partial charge in [0, 0.05) is 25.7 Å². The van der Waals surface area contributed by atoms with Gasteiger partial charge in [0.05, 0.1) is 11.4 Å². The number of nitrogens with zero attached hydrogens (tertiary/aromatic N) is 2. The summed E-state index contributed by atoms with van der Waals surface area (Å²) in [6.07, 6.45) is 0. The molecule has 2 aromatic rings. The van der Waals surface area contributed by atoms with Crippen molar-refractivity contribution >= 4 is 27.7 Å². The van der Waals surface area contributed by atoms with E-state index in [1.54, 1.807) is 19.9 Å². The summed E-state index contributed by atoms with van der Waals surface area (Å²) >= 11 is 0. The van der Waals surface area contributed by atoms with Crippen LogP contribution in [0.4, 0.5) is 5.82 Å². The van der Waals surface area contributed by atoms with Crippen molar-refractivity contribution in [3.8, 4) is 0 Å². The van der Waals surface area contributed by atoms with Crippen LogP contribution in [0.5, 0.6) is 0 Å². The molecule has 0 aliphatic rings. The SMILES string of the molecule is Cc1cc(NC(=O)CNC(=O)c2ccc(C)c(S(=O)(=O)N(C)C)c2)no1. The zero-order valence-electron chi connectivity index (χ0n) is 14.9. The summed E-state index contributed by atoms with van der Waals surface area (Å²) in [5.41, 5.74) is 0.663. The van der Waals surface area contributed by atoms with Gasteiger partial charge in [-0.25, -0.2) is 12.7 Å². The minimum atomic E-state index is -3.68. The monoisotopic (exact) mass is 380 g/mol. The Balaban J connectivity index is 2.07. The Kier molecular flexibility index (Phi) is 5.78. The summed E-state index contributed by atoms with van der Waals surface area (Å²) in [6, 6.07) is 5.87. The number of nitrogens with one attached hydrogen (secondary N) is 2. The largest absolute Gasteiger partial charge is 0.360 e. The Morgan fingerprint density at radius 2 is 1.88 bits per heavy atom. The molecule has 1 aromatic heterocycles. The number of aromatic nitrogens is 1. The van der Waals surface area contributed by atoms with E-state index in [2.05, 4.69) is 15.8 Å². The molecule has 10 heteroatoms. The first-order chi connectivity index (χ1) is 12.1. The van der Waals surface area contributed by atoms with Crippen LogP contribution in [0, 0.1) is 13.8 Å². The number of aryl methyl sites for hydroxylation is 2. The van der Waals surface area contributed by atoms with Crippen LogP contribution in [0.25, 0.3) is 0 Å². The van der Waals surface area contributed by atoms with Crippen molar-refractivity contribution in [3.63, 3.8) is 0 Å². The first kappa shape index (κ1) is 19.6. The lowest BCUT2D eigenvalue weighted by molar-refractivity contribution is -0.115. The lowest BCUT2D eigenvalue weighted by Gasteiger charge is -2.14. The van der Waals surface area contributed by atoms with Gasteiger partial charge in [0.1, 0.15) is 5.76 Å². The standard InChI is InChI=1S/C16H20N4O5S/c1-10-5-6-12(8-13(10)26(23,24)20(3)4)16(22)17-9-15(21)18-14-7-11(2)25-19-14/h5-8H,9H2,1-4H3,(H,17,22)(H,18,19,21). The number of carbonyl (C=O) groups excluding carboxylic acids is 2. The van der Waals surface area contributed by atoms with Crippen molar-refractivity contribution < 1.29 is 22.5 Å². The molecule has 2 amide bonds. The second-order valence-electron chi connectivity index (χ2n) is 5.82. The molecule has 1 heterocycles. The van der Waals surface area contributed by atoms with Crippen molar-refractivity contribution in [2.45, 2.75) is 18.7 Å². The van der Waals surface area contributed by atoms with Crippen LogP contribution in [0.1, 0.15) is 21.7 Å². The Morgan fingerprint density at radius 1 is 1.19 bits per heavy atom. The van der Waals surface area contributed by atoms with Crippen molar-refractivity contribution in [3.05, 3.63) is 41.2 Å². The third-order valence-corrected chi connectivity index (χ3v) is 5.47. The minimum Gasteiger partial charge on any atom is -0.360 e. The van der Waals surface area contributed by atoms with Crippen LogP contribution in [-0.2, 0) is 14.8 Å². The molecule has 1 aromatic carbocycles. The first-order valence-corrected chi connectivity index (χ1v) is 9.10. The summed E-state index contributed by atoms with van der Waals surface area (Å²) in [7, 11) is -0.850. The Hall–Kier alpha value is -2.72. The van der Waals surface area contributed by atoms with E-state index >= 15 is 0 Å². The van der Waals surface area contributed by atoms with E-state index in [0.717, 1.165) is 4.31 Å². The quantitative estimate of drug-likeness (QED) is 0.768. The first-order valence-electron chi connectivity index (χ1n) is 7.66. The minimum absolute atomic E-state index is 0.0395. The van der Waals surface area contributed by atoms with Crippen LogP contribution in [-0.4, -0.2) is 50.3 Å². The molecule has 26 heavy (non-hydrogen) atoms. The second-order valence-corrected chi connectivity index (χ2v) is 7.94. The Labute approximate surface area is 151 Å². The summed E-state index contributed by atoms with van der Waals surface area (Å²) in [6.45, 7) is 3.03. The molecule has 2 rings (SSSR count). The number of hydrogen-bond acceptors (Lipinski definition) is 6. The van der Waals surface area contributed by atoms with Gasteiger partial charge in [-0.05, 0) is 31.5 Å². The fourth-order valence-electron chi connectivity index (χ4n) is 2.09. The topological polar surface area (TPSA) is 122 Å². The van der Waals surface area contributed by atoms with Gasteiger partial charge in [0.2, 0.25) is 15.9 Å². The number of amides is 2. The van der Waals surface area contributed by atoms with E-state index < -0.39 is 21.8 Å². The molecule has 140 valence electrons. The van der Waals surface area contributed by atoms with Gasteiger partial charge >= 0.3 is 0 Å². The molecular weight excluding hydrogens is 360 g/mol. The fourth-order valence-corrected chi connectivity index (χ4v) is 3.24. The van der Waals surface area contributed by atoms with E-state index in [9.17, 15) is 18.0 Å². The third-order valence-electron chi connectivity index (χ3n) is 3.51. The van der Waals surface area contributed by atoms with Crippen molar-refractivity contribution in [1.29, 1.82) is 0 Å². The van der Waals surface area contributed by atoms with Crippen molar-refractivity contribution in [2.75, 3.05) is 26.0 Å². The zero-order valence-corrected chi connectivity index (χ0v) is 15.7. The van der Waals surface area contributed by atoms with E-state index in [-0.39, 0.29) is 22.8 Å². The molecule has 0 spiro atoms. The van der Waals surface area contributed by atoms with Crippen LogP contribution in [0.2, 0.25) is 0 Å². The lowest BCUT2D eigenvalue weighted by atomic mass is 10.1. The normalized spacial score (nSPS) is 11.4. The maximum Gasteiger partial charge on any atom is 0.251 e. The third kappa shape index (κ3) is 4.46. The number of anilines is 1. The highest BCUT2D eigenvalue weighted by molar-refractivity contribution is 7.89. The average Bonchev–Trinajstić information content (AvgIpc) is 2.97. The van der Waals surface area contributed by atoms with Crippen LogP contribution in [0.15, 0.2) is 33.7 Å². The molecular formula is C16H20N4O5S. The van der Waals surface area contributed by atoms with E-state index in [1.807, 2.05) is 0 Å². The summed E-state index contributed by atoms with van der Waals surface area (Å²) in [4.78, 5) is 24.1. The van der Waals surface area contributed by atoms with E-state index in [4.69, 9.17) is 4.52 Å². The van der Waals surface area contributed by atoms with Crippen LogP contribution >= 0.6 is 0 Å². The number of rotatable bonds is 6. The molecule has 0 atom stereocenters. The molecule has 0 saturated carbocycles. The van der Waals surface area contributed by atoms with Gasteiger partial charge in [-0.15, -0.1) is 0 Å². The number of sulfonamides is 1. The van der Waals surface area contributed by atoms with Gasteiger partial charge in [0.15, 0.2) is 5.82 Å².